The molecule has 0 aliphatic carbocycles. The first kappa shape index (κ1) is 67.0. The number of quaternary nitrogens is 1. The Morgan fingerprint density at radius 1 is 0.507 bits per heavy atom. The molecule has 0 rings (SSSR count). The number of nitrogens with zero attached hydrogens (tertiary/aromatic N) is 1. The smallest absolute Gasteiger partial charge is 0.456 e. The molecule has 2 N–H and O–H groups in total. The second-order valence-corrected chi connectivity index (χ2v) is 22.3. The summed E-state index contributed by atoms with van der Waals surface area (Å²) in [6.07, 6.45) is 59.7. The SMILES string of the molecule is CCCCCCCC/C=C\C/C=C/CCC(=O)OC(/C=C\CCCCCCCCCCCCC)C(COP(=O)(O)OCC[N+](C)(C)C)NC(=O)CCCCCCCCC/C=C/CCCCCCCC. The van der Waals surface area contributed by atoms with Crippen molar-refractivity contribution < 1.29 is 37.3 Å². The number of hydrogen-bond donors (Lipinski definition) is 2. The van der Waals surface area contributed by atoms with Gasteiger partial charge in [-0.15, -0.1) is 0 Å². The van der Waals surface area contributed by atoms with Gasteiger partial charge in [0.2, 0.25) is 5.91 Å². The first-order valence-electron chi connectivity index (χ1n) is 29.0. The van der Waals surface area contributed by atoms with Gasteiger partial charge in [0.05, 0.1) is 33.8 Å². The number of nitrogens with one attached hydrogen (secondary N) is 1. The van der Waals surface area contributed by atoms with Gasteiger partial charge in [-0.2, -0.15) is 0 Å². The quantitative estimate of drug-likeness (QED) is 0.0205. The number of likely N-dealkylation sites (N-methyl/N-ethyl adjacent to an activating group) is 1. The molecule has 1 amide bonds. The summed E-state index contributed by atoms with van der Waals surface area (Å²) in [6.45, 7) is 6.97. The van der Waals surface area contributed by atoms with Crippen molar-refractivity contribution in [3.05, 3.63) is 48.6 Å². The number of esters is 1. The van der Waals surface area contributed by atoms with Gasteiger partial charge in [0.15, 0.2) is 0 Å². The average molecular weight is 993 g/mol. The zero-order valence-electron chi connectivity index (χ0n) is 46.1. The standard InChI is InChI=1S/C59H111N2O7P/c1-7-10-13-16-19-22-25-28-29-30-31-34-36-39-42-45-48-51-58(62)60-56(55-67-69(64,65)66-54-53-61(4,5)6)57(50-47-44-41-38-35-32-26-23-20-17-14-11-8-2)68-59(63)52-49-46-43-40-37-33-27-24-21-18-15-12-9-3/h28-29,33,37,43,46-47,50,56-57H,7-27,30-32,34-36,38-42,44-45,48-49,51-55H2,1-6H3,(H-,60,62,64,65)/p+1/b29-28+,37-33-,46-43+,50-47-. The fraction of sp³-hybridized carbons (Fsp3) is 0.831. The number of phosphoric acid groups is 1. The van der Waals surface area contributed by atoms with Crippen LogP contribution in [0.25, 0.3) is 0 Å². The zero-order valence-corrected chi connectivity index (χ0v) is 47.0. The Morgan fingerprint density at radius 3 is 1.35 bits per heavy atom. The minimum Gasteiger partial charge on any atom is -0.456 e. The van der Waals surface area contributed by atoms with E-state index in [-0.39, 0.29) is 25.5 Å². The van der Waals surface area contributed by atoms with Crippen LogP contribution in [0.2, 0.25) is 0 Å². The van der Waals surface area contributed by atoms with Crippen molar-refractivity contribution in [1.82, 2.24) is 5.32 Å². The highest BCUT2D eigenvalue weighted by atomic mass is 31.2. The Kier molecular flexibility index (Phi) is 48.1. The molecule has 9 nitrogen and oxygen atoms in total. The van der Waals surface area contributed by atoms with Crippen molar-refractivity contribution in [3.63, 3.8) is 0 Å². The lowest BCUT2D eigenvalue weighted by Gasteiger charge is -2.27. The molecule has 0 radical (unpaired) electrons. The maximum Gasteiger partial charge on any atom is 0.472 e. The molecule has 3 unspecified atom stereocenters. The Morgan fingerprint density at radius 2 is 0.899 bits per heavy atom. The highest BCUT2D eigenvalue weighted by Gasteiger charge is 2.30. The third kappa shape index (κ3) is 50.7. The molecular formula is C59H112N2O7P+. The minimum atomic E-state index is -4.45. The van der Waals surface area contributed by atoms with Crippen molar-refractivity contribution in [3.8, 4) is 0 Å². The lowest BCUT2D eigenvalue weighted by atomic mass is 10.0. The first-order chi connectivity index (χ1) is 33.4. The Balaban J connectivity index is 5.41. The molecule has 0 aliphatic heterocycles. The van der Waals surface area contributed by atoms with E-state index in [9.17, 15) is 19.0 Å². The van der Waals surface area contributed by atoms with Crippen LogP contribution in [-0.4, -0.2) is 74.3 Å². The van der Waals surface area contributed by atoms with E-state index in [4.69, 9.17) is 13.8 Å². The highest BCUT2D eigenvalue weighted by Crippen LogP contribution is 2.43. The van der Waals surface area contributed by atoms with Gasteiger partial charge in [-0.05, 0) is 76.7 Å². The van der Waals surface area contributed by atoms with Crippen LogP contribution >= 0.6 is 7.82 Å². The van der Waals surface area contributed by atoms with Crippen molar-refractivity contribution >= 4 is 19.7 Å². The molecule has 0 saturated carbocycles. The first-order valence-corrected chi connectivity index (χ1v) is 30.5. The van der Waals surface area contributed by atoms with E-state index in [0.717, 1.165) is 64.2 Å². The normalized spacial score (nSPS) is 14.1. The van der Waals surface area contributed by atoms with E-state index in [2.05, 4.69) is 56.5 Å². The third-order valence-corrected chi connectivity index (χ3v) is 13.7. The van der Waals surface area contributed by atoms with E-state index < -0.39 is 25.9 Å². The van der Waals surface area contributed by atoms with E-state index in [0.29, 0.717) is 23.9 Å². The maximum atomic E-state index is 13.5. The van der Waals surface area contributed by atoms with Crippen molar-refractivity contribution in [2.75, 3.05) is 40.9 Å². The number of amides is 1. The fourth-order valence-electron chi connectivity index (χ4n) is 8.22. The summed E-state index contributed by atoms with van der Waals surface area (Å²) in [5.41, 5.74) is 0. The Hall–Kier alpha value is -2.03. The number of rotatable bonds is 52. The van der Waals surface area contributed by atoms with Gasteiger partial charge in [0.1, 0.15) is 19.3 Å². The molecular weight excluding hydrogens is 880 g/mol. The molecule has 0 saturated heterocycles. The van der Waals surface area contributed by atoms with Gasteiger partial charge < -0.3 is 19.4 Å². The maximum absolute atomic E-state index is 13.5. The van der Waals surface area contributed by atoms with Gasteiger partial charge >= 0.3 is 13.8 Å². The molecule has 0 aromatic heterocycles. The van der Waals surface area contributed by atoms with Gasteiger partial charge in [-0.25, -0.2) is 4.57 Å². The summed E-state index contributed by atoms with van der Waals surface area (Å²) in [5, 5.41) is 3.03. The minimum absolute atomic E-state index is 0.0321. The van der Waals surface area contributed by atoms with Gasteiger partial charge in [-0.1, -0.05) is 224 Å². The Labute approximate surface area is 427 Å². The lowest BCUT2D eigenvalue weighted by molar-refractivity contribution is -0.870. The number of phosphoric ester groups is 1. The molecule has 0 heterocycles. The second-order valence-electron chi connectivity index (χ2n) is 20.8. The fourth-order valence-corrected chi connectivity index (χ4v) is 8.96. The number of unbranched alkanes of at least 4 members (excludes halogenated alkanes) is 30. The summed E-state index contributed by atoms with van der Waals surface area (Å²) in [5.74, 6) is -0.584. The third-order valence-electron chi connectivity index (χ3n) is 12.8. The van der Waals surface area contributed by atoms with E-state index in [1.807, 2.05) is 39.4 Å². The highest BCUT2D eigenvalue weighted by molar-refractivity contribution is 7.47. The van der Waals surface area contributed by atoms with Gasteiger partial charge in [0, 0.05) is 12.8 Å². The molecule has 3 atom stereocenters. The van der Waals surface area contributed by atoms with Crippen LogP contribution in [0.5, 0.6) is 0 Å². The van der Waals surface area contributed by atoms with Gasteiger partial charge in [-0.3, -0.25) is 18.6 Å². The molecule has 0 spiro atoms. The predicted molar refractivity (Wildman–Crippen MR) is 295 cm³/mol. The molecule has 0 aromatic rings. The number of carbonyl (C=O) groups excluding carboxylic acids is 2. The summed E-state index contributed by atoms with van der Waals surface area (Å²) < 4.78 is 30.5. The van der Waals surface area contributed by atoms with Crippen molar-refractivity contribution in [2.24, 2.45) is 0 Å². The molecule has 0 fully saturated rings. The largest absolute Gasteiger partial charge is 0.472 e. The lowest BCUT2D eigenvalue weighted by Crippen LogP contribution is -2.47. The van der Waals surface area contributed by atoms with Crippen LogP contribution in [-0.2, 0) is 27.9 Å². The van der Waals surface area contributed by atoms with Crippen LogP contribution in [0.15, 0.2) is 48.6 Å². The average Bonchev–Trinajstić information content (AvgIpc) is 3.31. The van der Waals surface area contributed by atoms with E-state index in [1.54, 1.807) is 0 Å². The monoisotopic (exact) mass is 992 g/mol. The van der Waals surface area contributed by atoms with Crippen molar-refractivity contribution in [1.29, 1.82) is 0 Å². The van der Waals surface area contributed by atoms with E-state index >= 15 is 0 Å². The number of hydrogen-bond acceptors (Lipinski definition) is 6. The second kappa shape index (κ2) is 49.5. The summed E-state index contributed by atoms with van der Waals surface area (Å²) >= 11 is 0. The summed E-state index contributed by atoms with van der Waals surface area (Å²) in [4.78, 5) is 37.5. The zero-order chi connectivity index (χ0) is 50.8. The molecule has 10 heteroatoms. The summed E-state index contributed by atoms with van der Waals surface area (Å²) in [6, 6.07) is -0.871. The molecule has 0 bridgehead atoms. The van der Waals surface area contributed by atoms with Crippen LogP contribution in [0.1, 0.15) is 265 Å². The van der Waals surface area contributed by atoms with Gasteiger partial charge in [0.25, 0.3) is 0 Å². The topological polar surface area (TPSA) is 111 Å². The molecule has 0 aliphatic rings. The van der Waals surface area contributed by atoms with Crippen LogP contribution in [0, 0.1) is 0 Å². The summed E-state index contributed by atoms with van der Waals surface area (Å²) in [7, 11) is 1.47. The van der Waals surface area contributed by atoms with Crippen LogP contribution < -0.4 is 5.32 Å². The molecule has 69 heavy (non-hydrogen) atoms. The Bertz CT molecular complexity index is 1330. The van der Waals surface area contributed by atoms with Crippen molar-refractivity contribution in [2.45, 2.75) is 277 Å². The number of allylic oxidation sites excluding steroid dienone is 7. The predicted octanol–water partition coefficient (Wildman–Crippen LogP) is 17.3. The van der Waals surface area contributed by atoms with Crippen LogP contribution in [0.3, 0.4) is 0 Å². The molecule has 0 aromatic carbocycles. The molecule has 404 valence electrons. The van der Waals surface area contributed by atoms with Crippen LogP contribution in [0.4, 0.5) is 0 Å². The van der Waals surface area contributed by atoms with E-state index in [1.165, 1.54) is 161 Å². The number of ether oxygens (including phenoxy) is 1. The number of carbonyl (C=O) groups is 2.